The van der Waals surface area contributed by atoms with Gasteiger partial charge in [-0.3, -0.25) is 0 Å². The Kier molecular flexibility index (Phi) is 53.7. The van der Waals surface area contributed by atoms with Gasteiger partial charge in [0.25, 0.3) is 0 Å². The van der Waals surface area contributed by atoms with Crippen molar-refractivity contribution in [2.45, 2.75) is 75.3 Å². The Balaban J connectivity index is -0.000000383. The minimum absolute atomic E-state index is 0.0188. The third-order valence-electron chi connectivity index (χ3n) is 13.7. The summed E-state index contributed by atoms with van der Waals surface area (Å²) in [6, 6.07) is 0. The average molecular weight is 813 g/mol. The van der Waals surface area contributed by atoms with Gasteiger partial charge in [-0.2, -0.15) is 0 Å². The molecule has 2 fully saturated rings. The van der Waals surface area contributed by atoms with Crippen LogP contribution in [0.5, 0.6) is 0 Å². The summed E-state index contributed by atoms with van der Waals surface area (Å²) in [6.07, 6.45) is -15.3. The molecule has 256 valence electrons. The first-order chi connectivity index (χ1) is 33.0. The van der Waals surface area contributed by atoms with E-state index in [0.717, 1.165) is 6.22 Å². The lowest BCUT2D eigenvalue weighted by Crippen LogP contribution is -2.84. The van der Waals surface area contributed by atoms with E-state index in [0.29, 0.717) is 6.60 Å². The monoisotopic (exact) mass is 825 g/mol. The molecule has 60 radical (unpaired) electrons. The summed E-state index contributed by atoms with van der Waals surface area (Å²) < 4.78 is 0. The number of hydrogen-bond donors (Lipinski definition) is 0. The lowest BCUT2D eigenvalue weighted by atomic mass is 8.35. The van der Waals surface area contributed by atoms with Crippen LogP contribution in [0, 0.1) is 0 Å². The zero-order chi connectivity index (χ0) is 57.7. The fourth-order valence-electron chi connectivity index (χ4n) is 10.7. The van der Waals surface area contributed by atoms with Crippen LogP contribution in [-0.4, -0.2) is 424 Å². The van der Waals surface area contributed by atoms with Gasteiger partial charge in [0.15, 0.2) is 0 Å². The Bertz CT molecular complexity index is 1160. The summed E-state index contributed by atoms with van der Waals surface area (Å²) in [4.78, 5) is 0. The van der Waals surface area contributed by atoms with E-state index in [4.69, 9.17) is 217 Å². The van der Waals surface area contributed by atoms with E-state index >= 15 is 0 Å². The lowest BCUT2D eigenvalue weighted by molar-refractivity contribution is 1.50. The van der Waals surface area contributed by atoms with Gasteiger partial charge in [-0.1, -0.05) is 62.2 Å². The molecule has 0 aromatic rings. The SMILES string of the molecule is CC.CC.CC.CC.[B]B([B])B([B])[B].[B][B]B([B])B(B([B])[B])B1B(B(B([B])[B])B([B])[B])B(C)B(B(B([B])[B])B([B][B])B([B])[B])B1B(B([B])[B])B([B])B([B])[B].[B][B]B([B])B1CB(C)B([B])B([B][B])B1B([B])[B]. The van der Waals surface area contributed by atoms with E-state index < -0.39 is 134 Å². The Morgan fingerprint density at radius 3 is 1.01 bits per heavy atom. The topological polar surface area (TPSA) is 0 Å². The Labute approximate surface area is 495 Å². The third kappa shape index (κ3) is 26.6. The van der Waals surface area contributed by atoms with Crippen LogP contribution in [0.25, 0.3) is 0 Å². The summed E-state index contributed by atoms with van der Waals surface area (Å²) >= 11 is 0. The van der Waals surface area contributed by atoms with Gasteiger partial charge in [-0.25, -0.2) is 0 Å². The minimum Gasteiger partial charge on any atom is -0.117 e. The Hall–Kier alpha value is 3.90. The van der Waals surface area contributed by atoms with Gasteiger partial charge < -0.3 is 0 Å². The fourth-order valence-corrected chi connectivity index (χ4v) is 10.7. The van der Waals surface area contributed by atoms with Crippen LogP contribution in [-0.2, 0) is 0 Å². The second-order valence-corrected chi connectivity index (χ2v) is 17.9. The van der Waals surface area contributed by atoms with Crippen LogP contribution >= 0.6 is 0 Å². The van der Waals surface area contributed by atoms with Crippen LogP contribution in [0.4, 0.5) is 0 Å². The van der Waals surface area contributed by atoms with Crippen molar-refractivity contribution >= 4 is 424 Å². The second-order valence-electron chi connectivity index (χ2n) is 17.9. The molecule has 2 rings (SSSR count). The molecule has 0 aromatic carbocycles. The van der Waals surface area contributed by atoms with Crippen molar-refractivity contribution in [3.63, 3.8) is 0 Å². The molecule has 2 heterocycles. The van der Waals surface area contributed by atoms with Crippen LogP contribution in [0.3, 0.4) is 0 Å². The quantitative estimate of drug-likeness (QED) is 0.101. The van der Waals surface area contributed by atoms with Crippen molar-refractivity contribution in [1.82, 2.24) is 0 Å². The smallest absolute Gasteiger partial charge is 0.0779 e. The molecule has 0 aromatic heterocycles. The average Bonchev–Trinajstić information content (AvgIpc) is 3.57. The first-order valence-corrected chi connectivity index (χ1v) is 25.3. The maximum Gasteiger partial charge on any atom is 0.0779 e. The van der Waals surface area contributed by atoms with Gasteiger partial charge in [0.05, 0.1) is 6.60 Å². The largest absolute Gasteiger partial charge is 0.117 e. The molecule has 71 heavy (non-hydrogen) atoms. The highest BCUT2D eigenvalue weighted by molar-refractivity contribution is 8.37. The minimum atomic E-state index is -1.03. The van der Waals surface area contributed by atoms with Gasteiger partial charge in [0.2, 0.25) is 0 Å². The van der Waals surface area contributed by atoms with E-state index in [-0.39, 0.29) is 38.5 Å². The standard InChI is InChI=1S/C2H5B15.4C2H6.CH3B39.B6/c1-11-2-12(14(7)9-3)17(13(5)6)16(10-4)15(11)8;4*1-2;1-22-33(35(25(8)9)26(10)11)39(36(27(12)13)30(18)20-2)40(37(28(14)15)31(19)23(4)5)34(22)38(29(16)17)32(21-3)24(6)7;1-5(2)6(3)4/h2H2,1H3;4*1-2H3;1H3;. The molecule has 60 heteroatoms. The van der Waals surface area contributed by atoms with Crippen molar-refractivity contribution in [1.29, 1.82) is 0 Å². The highest BCUT2D eigenvalue weighted by Crippen LogP contribution is 2.27. The molecule has 0 spiro atoms. The zero-order valence-corrected chi connectivity index (χ0v) is 45.3. The maximum absolute atomic E-state index is 6.60. The van der Waals surface area contributed by atoms with Gasteiger partial charge in [0, 0.05) is 417 Å². The molecule has 0 N–H and O–H groups in total. The summed E-state index contributed by atoms with van der Waals surface area (Å²) in [5, 5.41) is 0. The van der Waals surface area contributed by atoms with E-state index in [1.54, 1.807) is 7.06 Å². The maximum atomic E-state index is 6.60. The fraction of sp³-hybridized carbons (Fsp3) is 1.00. The summed E-state index contributed by atoms with van der Waals surface area (Å²) in [6.45, 7) is 20.1. The van der Waals surface area contributed by atoms with Crippen LogP contribution in [0.2, 0.25) is 19.9 Å². The Morgan fingerprint density at radius 2 is 0.746 bits per heavy atom. The van der Waals surface area contributed by atoms with Crippen LogP contribution in [0.15, 0.2) is 0 Å². The molecule has 2 aliphatic heterocycles. The predicted molar refractivity (Wildman–Crippen MR) is 407 cm³/mol. The first-order valence-electron chi connectivity index (χ1n) is 25.3. The van der Waals surface area contributed by atoms with Gasteiger partial charge in [-0.05, 0) is 0 Å². The highest BCUT2D eigenvalue weighted by Gasteiger charge is 2.64. The van der Waals surface area contributed by atoms with Crippen molar-refractivity contribution in [3.8, 4) is 0 Å². The van der Waals surface area contributed by atoms with Gasteiger partial charge in [0.1, 0.15) is 0 Å². The van der Waals surface area contributed by atoms with Crippen molar-refractivity contribution < 1.29 is 0 Å². The molecule has 0 bridgehead atoms. The number of rotatable bonds is 21. The molecular weight excluding hydrogens is 781 g/mol. The third-order valence-corrected chi connectivity index (χ3v) is 13.7. The van der Waals surface area contributed by atoms with Crippen LogP contribution in [0.1, 0.15) is 55.4 Å². The van der Waals surface area contributed by atoms with Gasteiger partial charge >= 0.3 is 0 Å². The first kappa shape index (κ1) is 83.7. The van der Waals surface area contributed by atoms with Crippen molar-refractivity contribution in [2.75, 3.05) is 0 Å². The molecule has 2 aliphatic rings. The second kappa shape index (κ2) is 45.5. The molecule has 0 amide bonds. The Morgan fingerprint density at radius 1 is 0.380 bits per heavy atom. The predicted octanol–water partition coefficient (Wildman–Crippen LogP) is -17.1. The number of hydrogen-bond acceptors (Lipinski definition) is 0. The van der Waals surface area contributed by atoms with E-state index in [1.807, 2.05) is 62.2 Å². The highest BCUT2D eigenvalue weighted by atomic mass is 13.5. The summed E-state index contributed by atoms with van der Waals surface area (Å²) in [5.74, 6) is 0. The molecular formula is C11H32B60. The molecule has 0 unspecified atom stereocenters. The van der Waals surface area contributed by atoms with E-state index in [2.05, 4.69) is 6.82 Å². The van der Waals surface area contributed by atoms with Crippen molar-refractivity contribution in [2.24, 2.45) is 0 Å². The van der Waals surface area contributed by atoms with Crippen molar-refractivity contribution in [3.05, 3.63) is 0 Å². The molecule has 0 nitrogen and oxygen atoms in total. The zero-order valence-electron chi connectivity index (χ0n) is 45.3. The molecule has 0 atom stereocenters. The van der Waals surface area contributed by atoms with E-state index in [9.17, 15) is 0 Å². The molecule has 0 saturated carbocycles. The van der Waals surface area contributed by atoms with Crippen LogP contribution < -0.4 is 0 Å². The summed E-state index contributed by atoms with van der Waals surface area (Å²) in [5.41, 5.74) is 0. The summed E-state index contributed by atoms with van der Waals surface area (Å²) in [7, 11) is 174. The van der Waals surface area contributed by atoms with E-state index in [1.165, 1.54) is 21.2 Å². The normalized spacial score (nSPS) is 11.6. The molecule has 2 saturated heterocycles. The van der Waals surface area contributed by atoms with Gasteiger partial charge in [-0.15, -0.1) is 13.0 Å². The molecule has 0 aliphatic carbocycles. The lowest BCUT2D eigenvalue weighted by Gasteiger charge is -2.46.